The lowest BCUT2D eigenvalue weighted by atomic mass is 10.2. The molecule has 1 amide bonds. The molecule has 0 unspecified atom stereocenters. The van der Waals surface area contributed by atoms with Crippen LogP contribution in [-0.4, -0.2) is 38.6 Å². The van der Waals surface area contributed by atoms with Crippen molar-refractivity contribution in [3.05, 3.63) is 53.7 Å². The SMILES string of the molecule is Cc1cc(NCCNC(=O)c2cccc(F)c2)n2ncnc2n1. The van der Waals surface area contributed by atoms with Crippen molar-refractivity contribution in [3.8, 4) is 0 Å². The molecule has 0 saturated heterocycles. The van der Waals surface area contributed by atoms with E-state index in [1.807, 2.05) is 13.0 Å². The van der Waals surface area contributed by atoms with Crippen LogP contribution in [0, 0.1) is 12.7 Å². The average molecular weight is 314 g/mol. The number of amides is 1. The van der Waals surface area contributed by atoms with E-state index in [9.17, 15) is 9.18 Å². The van der Waals surface area contributed by atoms with E-state index in [0.717, 1.165) is 11.5 Å². The Morgan fingerprint density at radius 2 is 2.17 bits per heavy atom. The Bertz CT molecular complexity index is 847. The van der Waals surface area contributed by atoms with E-state index in [4.69, 9.17) is 0 Å². The summed E-state index contributed by atoms with van der Waals surface area (Å²) in [6, 6.07) is 7.41. The van der Waals surface area contributed by atoms with Gasteiger partial charge in [0.15, 0.2) is 0 Å². The second-order valence-electron chi connectivity index (χ2n) is 4.95. The summed E-state index contributed by atoms with van der Waals surface area (Å²) in [6.45, 7) is 2.73. The van der Waals surface area contributed by atoms with Crippen LogP contribution in [0.1, 0.15) is 16.1 Å². The van der Waals surface area contributed by atoms with Gasteiger partial charge in [0.25, 0.3) is 11.7 Å². The average Bonchev–Trinajstić information content (AvgIpc) is 2.99. The molecule has 23 heavy (non-hydrogen) atoms. The summed E-state index contributed by atoms with van der Waals surface area (Å²) in [6.07, 6.45) is 1.43. The number of hydrogen-bond donors (Lipinski definition) is 2. The maximum absolute atomic E-state index is 13.1. The third-order valence-corrected chi connectivity index (χ3v) is 3.18. The van der Waals surface area contributed by atoms with Crippen molar-refractivity contribution in [2.24, 2.45) is 0 Å². The minimum atomic E-state index is -0.434. The number of halogens is 1. The zero-order chi connectivity index (χ0) is 16.2. The molecule has 118 valence electrons. The van der Waals surface area contributed by atoms with Gasteiger partial charge in [0, 0.05) is 30.4 Å². The molecule has 3 rings (SSSR count). The lowest BCUT2D eigenvalue weighted by Crippen LogP contribution is -2.29. The van der Waals surface area contributed by atoms with E-state index in [1.54, 1.807) is 10.6 Å². The number of aryl methyl sites for hydroxylation is 1. The number of fused-ring (bicyclic) bond motifs is 1. The van der Waals surface area contributed by atoms with Gasteiger partial charge in [-0.2, -0.15) is 14.6 Å². The molecule has 0 spiro atoms. The van der Waals surface area contributed by atoms with Gasteiger partial charge in [-0.25, -0.2) is 9.37 Å². The van der Waals surface area contributed by atoms with Crippen molar-refractivity contribution in [1.82, 2.24) is 24.9 Å². The molecule has 7 nitrogen and oxygen atoms in total. The van der Waals surface area contributed by atoms with Crippen LogP contribution < -0.4 is 10.6 Å². The van der Waals surface area contributed by atoms with Gasteiger partial charge < -0.3 is 10.6 Å². The summed E-state index contributed by atoms with van der Waals surface area (Å²) in [4.78, 5) is 20.2. The highest BCUT2D eigenvalue weighted by atomic mass is 19.1. The summed E-state index contributed by atoms with van der Waals surface area (Å²) >= 11 is 0. The summed E-state index contributed by atoms with van der Waals surface area (Å²) in [5.41, 5.74) is 1.11. The number of anilines is 1. The van der Waals surface area contributed by atoms with Crippen LogP contribution >= 0.6 is 0 Å². The Kier molecular flexibility index (Phi) is 4.13. The smallest absolute Gasteiger partial charge is 0.254 e. The van der Waals surface area contributed by atoms with Crippen molar-refractivity contribution in [1.29, 1.82) is 0 Å². The lowest BCUT2D eigenvalue weighted by molar-refractivity contribution is 0.0954. The fraction of sp³-hybridized carbons (Fsp3) is 0.200. The number of carbonyl (C=O) groups excluding carboxylic acids is 1. The van der Waals surface area contributed by atoms with Crippen LogP contribution in [0.3, 0.4) is 0 Å². The first kappa shape index (κ1) is 14.9. The predicted molar refractivity (Wildman–Crippen MR) is 82.7 cm³/mol. The van der Waals surface area contributed by atoms with Crippen molar-refractivity contribution in [3.63, 3.8) is 0 Å². The van der Waals surface area contributed by atoms with Gasteiger partial charge in [-0.05, 0) is 25.1 Å². The van der Waals surface area contributed by atoms with Gasteiger partial charge in [-0.15, -0.1) is 0 Å². The zero-order valence-electron chi connectivity index (χ0n) is 12.5. The third-order valence-electron chi connectivity index (χ3n) is 3.18. The first-order chi connectivity index (χ1) is 11.1. The number of benzene rings is 1. The second-order valence-corrected chi connectivity index (χ2v) is 4.95. The normalized spacial score (nSPS) is 10.7. The van der Waals surface area contributed by atoms with Crippen molar-refractivity contribution in [2.75, 3.05) is 18.4 Å². The standard InChI is InChI=1S/C15H15FN6O/c1-10-7-13(22-15(21-10)19-9-20-22)17-5-6-18-14(23)11-3-2-4-12(16)8-11/h2-4,7-9,17H,5-6H2,1H3,(H,18,23). The molecule has 0 aliphatic heterocycles. The molecule has 0 atom stereocenters. The molecule has 2 N–H and O–H groups in total. The first-order valence-corrected chi connectivity index (χ1v) is 7.08. The van der Waals surface area contributed by atoms with Gasteiger partial charge in [0.05, 0.1) is 0 Å². The third kappa shape index (κ3) is 3.42. The molecule has 1 aromatic carbocycles. The Hall–Kier alpha value is -3.03. The predicted octanol–water partition coefficient (Wildman–Crippen LogP) is 1.41. The number of nitrogens with zero attached hydrogens (tertiary/aromatic N) is 4. The molecule has 0 saturated carbocycles. The highest BCUT2D eigenvalue weighted by Gasteiger charge is 2.07. The molecule has 0 aliphatic carbocycles. The highest BCUT2D eigenvalue weighted by molar-refractivity contribution is 5.94. The van der Waals surface area contributed by atoms with Gasteiger partial charge in [-0.1, -0.05) is 6.07 Å². The monoisotopic (exact) mass is 314 g/mol. The Morgan fingerprint density at radius 1 is 1.30 bits per heavy atom. The van der Waals surface area contributed by atoms with Crippen molar-refractivity contribution >= 4 is 17.5 Å². The lowest BCUT2D eigenvalue weighted by Gasteiger charge is -2.09. The number of aromatic nitrogens is 4. The topological polar surface area (TPSA) is 84.2 Å². The molecule has 0 aliphatic rings. The molecule has 0 bridgehead atoms. The molecule has 0 radical (unpaired) electrons. The van der Waals surface area contributed by atoms with E-state index >= 15 is 0 Å². The van der Waals surface area contributed by atoms with Crippen LogP contribution in [0.2, 0.25) is 0 Å². The molecule has 3 aromatic rings. The van der Waals surface area contributed by atoms with E-state index in [-0.39, 0.29) is 5.91 Å². The van der Waals surface area contributed by atoms with E-state index < -0.39 is 5.82 Å². The van der Waals surface area contributed by atoms with Gasteiger partial charge in [-0.3, -0.25) is 4.79 Å². The van der Waals surface area contributed by atoms with Crippen LogP contribution in [0.25, 0.3) is 5.78 Å². The van der Waals surface area contributed by atoms with Crippen LogP contribution in [-0.2, 0) is 0 Å². The van der Waals surface area contributed by atoms with Crippen LogP contribution in [0.5, 0.6) is 0 Å². The first-order valence-electron chi connectivity index (χ1n) is 7.08. The van der Waals surface area contributed by atoms with Crippen LogP contribution in [0.15, 0.2) is 36.7 Å². The van der Waals surface area contributed by atoms with E-state index in [1.165, 1.54) is 24.5 Å². The Balaban J connectivity index is 1.57. The van der Waals surface area contributed by atoms with E-state index in [0.29, 0.717) is 24.4 Å². The van der Waals surface area contributed by atoms with Crippen molar-refractivity contribution in [2.45, 2.75) is 6.92 Å². The summed E-state index contributed by atoms with van der Waals surface area (Å²) in [7, 11) is 0. The number of rotatable bonds is 5. The fourth-order valence-corrected chi connectivity index (χ4v) is 2.15. The molecule has 2 heterocycles. The molecule has 0 fully saturated rings. The largest absolute Gasteiger partial charge is 0.368 e. The summed E-state index contributed by atoms with van der Waals surface area (Å²) < 4.78 is 14.7. The molecule has 2 aromatic heterocycles. The van der Waals surface area contributed by atoms with Gasteiger partial charge in [0.1, 0.15) is 18.0 Å². The number of carbonyl (C=O) groups is 1. The van der Waals surface area contributed by atoms with Gasteiger partial charge in [0.2, 0.25) is 0 Å². The quantitative estimate of drug-likeness (QED) is 0.696. The maximum Gasteiger partial charge on any atom is 0.254 e. The van der Waals surface area contributed by atoms with E-state index in [2.05, 4.69) is 25.7 Å². The summed E-state index contributed by atoms with van der Waals surface area (Å²) in [5, 5.41) is 9.97. The fourth-order valence-electron chi connectivity index (χ4n) is 2.15. The van der Waals surface area contributed by atoms with Crippen LogP contribution in [0.4, 0.5) is 10.2 Å². The molecular formula is C15H15FN6O. The maximum atomic E-state index is 13.1. The summed E-state index contributed by atoms with van der Waals surface area (Å²) in [5.74, 6) is 0.501. The second kappa shape index (κ2) is 6.39. The number of hydrogen-bond acceptors (Lipinski definition) is 5. The Morgan fingerprint density at radius 3 is 3.00 bits per heavy atom. The minimum Gasteiger partial charge on any atom is -0.368 e. The highest BCUT2D eigenvalue weighted by Crippen LogP contribution is 2.09. The minimum absolute atomic E-state index is 0.295. The zero-order valence-corrected chi connectivity index (χ0v) is 12.5. The molecule has 8 heteroatoms. The number of nitrogens with one attached hydrogen (secondary N) is 2. The van der Waals surface area contributed by atoms with Crippen molar-refractivity contribution < 1.29 is 9.18 Å². The Labute approximate surface area is 131 Å². The van der Waals surface area contributed by atoms with Gasteiger partial charge >= 0.3 is 0 Å². The molecular weight excluding hydrogens is 299 g/mol.